The molecule has 0 saturated heterocycles. The summed E-state index contributed by atoms with van der Waals surface area (Å²) in [5.41, 5.74) is 1.35. The third kappa shape index (κ3) is 0.843. The highest BCUT2D eigenvalue weighted by Crippen LogP contribution is 2.28. The third-order valence-corrected chi connectivity index (χ3v) is 2.90. The first kappa shape index (κ1) is 5.62. The first-order valence-corrected chi connectivity index (χ1v) is 4.25. The molecular formula is C6H4BrNS. The maximum atomic E-state index is 4.12. The van der Waals surface area contributed by atoms with E-state index in [2.05, 4.69) is 27.0 Å². The zero-order valence-corrected chi connectivity index (χ0v) is 7.00. The fraction of sp³-hybridized carbons (Fsp3) is 0.167. The Morgan fingerprint density at radius 3 is 3.33 bits per heavy atom. The molecule has 1 aliphatic rings. The molecule has 1 nitrogen and oxygen atoms in total. The van der Waals surface area contributed by atoms with Crippen LogP contribution in [0.25, 0.3) is 0 Å². The number of thiophene rings is 1. The van der Waals surface area contributed by atoms with Gasteiger partial charge in [0.15, 0.2) is 0 Å². The molecule has 46 valence electrons. The Bertz CT molecular complexity index is 264. The van der Waals surface area contributed by atoms with Crippen LogP contribution in [0.3, 0.4) is 0 Å². The van der Waals surface area contributed by atoms with Crippen molar-refractivity contribution in [2.75, 3.05) is 0 Å². The lowest BCUT2D eigenvalue weighted by Gasteiger charge is -1.78. The van der Waals surface area contributed by atoms with E-state index in [9.17, 15) is 0 Å². The fourth-order valence-corrected chi connectivity index (χ4v) is 2.46. The maximum absolute atomic E-state index is 4.12. The van der Waals surface area contributed by atoms with Gasteiger partial charge in [0.05, 0.1) is 15.2 Å². The summed E-state index contributed by atoms with van der Waals surface area (Å²) in [5, 5.41) is 0. The van der Waals surface area contributed by atoms with Gasteiger partial charge in [-0.3, -0.25) is 4.99 Å². The molecule has 0 amide bonds. The Morgan fingerprint density at radius 2 is 2.56 bits per heavy atom. The molecule has 1 aromatic heterocycles. The summed E-state index contributed by atoms with van der Waals surface area (Å²) in [6.07, 6.45) is 1.94. The largest absolute Gasteiger partial charge is 0.287 e. The number of nitrogens with zero attached hydrogens (tertiary/aromatic N) is 1. The van der Waals surface area contributed by atoms with Crippen molar-refractivity contribution in [3.8, 4) is 0 Å². The van der Waals surface area contributed by atoms with Gasteiger partial charge in [-0.05, 0) is 27.6 Å². The maximum Gasteiger partial charge on any atom is 0.0708 e. The number of fused-ring (bicyclic) bond motifs is 1. The molecule has 0 N–H and O–H groups in total. The Balaban J connectivity index is 2.61. The van der Waals surface area contributed by atoms with Crippen LogP contribution in [0, 0.1) is 0 Å². The predicted molar refractivity (Wildman–Crippen MR) is 43.3 cm³/mol. The minimum absolute atomic E-state index is 0.872. The number of halogens is 1. The van der Waals surface area contributed by atoms with E-state index >= 15 is 0 Å². The lowest BCUT2D eigenvalue weighted by molar-refractivity contribution is 1.12. The number of hydrogen-bond donors (Lipinski definition) is 0. The van der Waals surface area contributed by atoms with Crippen LogP contribution in [-0.4, -0.2) is 6.21 Å². The molecular weight excluding hydrogens is 198 g/mol. The van der Waals surface area contributed by atoms with E-state index in [1.807, 2.05) is 6.21 Å². The monoisotopic (exact) mass is 201 g/mol. The summed E-state index contributed by atoms with van der Waals surface area (Å²) in [6.45, 7) is 0.872. The highest BCUT2D eigenvalue weighted by molar-refractivity contribution is 9.11. The van der Waals surface area contributed by atoms with E-state index in [1.165, 1.54) is 14.2 Å². The van der Waals surface area contributed by atoms with Crippen molar-refractivity contribution in [3.05, 3.63) is 20.3 Å². The molecule has 0 spiro atoms. The van der Waals surface area contributed by atoms with Gasteiger partial charge >= 0.3 is 0 Å². The van der Waals surface area contributed by atoms with E-state index in [-0.39, 0.29) is 0 Å². The minimum Gasteiger partial charge on any atom is -0.287 e. The highest BCUT2D eigenvalue weighted by atomic mass is 79.9. The van der Waals surface area contributed by atoms with Crippen molar-refractivity contribution in [3.63, 3.8) is 0 Å². The quantitative estimate of drug-likeness (QED) is 0.612. The SMILES string of the molecule is Brc1cc2c(s1)C=NC2. The van der Waals surface area contributed by atoms with Gasteiger partial charge in [0, 0.05) is 6.21 Å². The second kappa shape index (κ2) is 1.92. The molecule has 3 heteroatoms. The summed E-state index contributed by atoms with van der Waals surface area (Å²) in [5.74, 6) is 0. The summed E-state index contributed by atoms with van der Waals surface area (Å²) < 4.78 is 1.21. The molecule has 1 aliphatic heterocycles. The van der Waals surface area contributed by atoms with Crippen LogP contribution in [0.1, 0.15) is 10.4 Å². The van der Waals surface area contributed by atoms with Gasteiger partial charge < -0.3 is 0 Å². The smallest absolute Gasteiger partial charge is 0.0708 e. The van der Waals surface area contributed by atoms with Crippen LogP contribution in [0.5, 0.6) is 0 Å². The molecule has 2 rings (SSSR count). The van der Waals surface area contributed by atoms with Gasteiger partial charge in [0.25, 0.3) is 0 Å². The van der Waals surface area contributed by atoms with E-state index < -0.39 is 0 Å². The van der Waals surface area contributed by atoms with Gasteiger partial charge in [-0.25, -0.2) is 0 Å². The average molecular weight is 202 g/mol. The van der Waals surface area contributed by atoms with Gasteiger partial charge in [0.1, 0.15) is 0 Å². The summed E-state index contributed by atoms with van der Waals surface area (Å²) >= 11 is 5.16. The van der Waals surface area contributed by atoms with Crippen molar-refractivity contribution in [1.82, 2.24) is 0 Å². The van der Waals surface area contributed by atoms with Crippen molar-refractivity contribution in [2.24, 2.45) is 4.99 Å². The summed E-state index contributed by atoms with van der Waals surface area (Å²) in [6, 6.07) is 2.13. The first-order chi connectivity index (χ1) is 4.36. The molecule has 0 atom stereocenters. The zero-order valence-electron chi connectivity index (χ0n) is 4.60. The predicted octanol–water partition coefficient (Wildman–Crippen LogP) is 2.44. The molecule has 0 fully saturated rings. The Morgan fingerprint density at radius 1 is 1.67 bits per heavy atom. The van der Waals surface area contributed by atoms with Crippen molar-refractivity contribution < 1.29 is 0 Å². The van der Waals surface area contributed by atoms with E-state index in [0.29, 0.717) is 0 Å². The topological polar surface area (TPSA) is 12.4 Å². The molecule has 0 aromatic carbocycles. The van der Waals surface area contributed by atoms with Crippen molar-refractivity contribution >= 4 is 33.5 Å². The van der Waals surface area contributed by atoms with Gasteiger partial charge in [-0.2, -0.15) is 0 Å². The van der Waals surface area contributed by atoms with Crippen molar-refractivity contribution in [2.45, 2.75) is 6.54 Å². The van der Waals surface area contributed by atoms with Gasteiger partial charge in [0.2, 0.25) is 0 Å². The third-order valence-electron chi connectivity index (χ3n) is 1.28. The lowest BCUT2D eigenvalue weighted by atomic mass is 10.3. The number of hydrogen-bond acceptors (Lipinski definition) is 2. The second-order valence-electron chi connectivity index (χ2n) is 1.91. The van der Waals surface area contributed by atoms with E-state index in [4.69, 9.17) is 0 Å². The van der Waals surface area contributed by atoms with E-state index in [0.717, 1.165) is 6.54 Å². The van der Waals surface area contributed by atoms with Gasteiger partial charge in [-0.15, -0.1) is 11.3 Å². The Labute approximate surface area is 65.6 Å². The van der Waals surface area contributed by atoms with Crippen molar-refractivity contribution in [1.29, 1.82) is 0 Å². The Hall–Kier alpha value is -0.150. The van der Waals surface area contributed by atoms with Crippen LogP contribution in [0.2, 0.25) is 0 Å². The molecule has 1 aromatic rings. The average Bonchev–Trinajstić information content (AvgIpc) is 2.22. The minimum atomic E-state index is 0.872. The first-order valence-electron chi connectivity index (χ1n) is 2.64. The molecule has 0 saturated carbocycles. The summed E-state index contributed by atoms with van der Waals surface area (Å²) in [4.78, 5) is 5.42. The Kier molecular flexibility index (Phi) is 1.20. The fourth-order valence-electron chi connectivity index (χ4n) is 0.868. The summed E-state index contributed by atoms with van der Waals surface area (Å²) in [7, 11) is 0. The van der Waals surface area contributed by atoms with Crippen LogP contribution < -0.4 is 0 Å². The second-order valence-corrected chi connectivity index (χ2v) is 4.37. The van der Waals surface area contributed by atoms with Crippen LogP contribution in [0.15, 0.2) is 14.8 Å². The molecule has 0 unspecified atom stereocenters. The van der Waals surface area contributed by atoms with Crippen LogP contribution in [0.4, 0.5) is 0 Å². The number of rotatable bonds is 0. The molecule has 0 radical (unpaired) electrons. The standard InChI is InChI=1S/C6H4BrNS/c7-6-1-4-2-8-3-5(4)9-6/h1,3H,2H2. The zero-order chi connectivity index (χ0) is 6.27. The van der Waals surface area contributed by atoms with E-state index in [1.54, 1.807) is 11.3 Å². The molecule has 0 bridgehead atoms. The van der Waals surface area contributed by atoms with Gasteiger partial charge in [-0.1, -0.05) is 0 Å². The van der Waals surface area contributed by atoms with Crippen LogP contribution >= 0.6 is 27.3 Å². The number of aliphatic imine (C=N–C) groups is 1. The molecule has 2 heterocycles. The lowest BCUT2D eigenvalue weighted by Crippen LogP contribution is -1.69. The van der Waals surface area contributed by atoms with Crippen LogP contribution in [-0.2, 0) is 6.54 Å². The highest BCUT2D eigenvalue weighted by Gasteiger charge is 2.08. The normalized spacial score (nSPS) is 14.3. The molecule has 9 heavy (non-hydrogen) atoms. The molecule has 0 aliphatic carbocycles.